The molecule has 0 amide bonds. The van der Waals surface area contributed by atoms with Crippen LogP contribution in [0.1, 0.15) is 16.8 Å². The number of para-hydroxylation sites is 1. The quantitative estimate of drug-likeness (QED) is 0.330. The Morgan fingerprint density at radius 1 is 0.909 bits per heavy atom. The van der Waals surface area contributed by atoms with Gasteiger partial charge in [-0.15, -0.1) is 0 Å². The van der Waals surface area contributed by atoms with Gasteiger partial charge in [0.25, 0.3) is 5.56 Å². The summed E-state index contributed by atoms with van der Waals surface area (Å²) in [6, 6.07) is 25.3. The van der Waals surface area contributed by atoms with Gasteiger partial charge in [-0.05, 0) is 54.4 Å². The Morgan fingerprint density at radius 2 is 1.73 bits per heavy atom. The van der Waals surface area contributed by atoms with Crippen molar-refractivity contribution >= 4 is 33.4 Å². The first-order chi connectivity index (χ1) is 16.1. The second-order valence-electron chi connectivity index (χ2n) is 7.83. The molecule has 1 N–H and O–H groups in total. The third kappa shape index (κ3) is 4.54. The summed E-state index contributed by atoms with van der Waals surface area (Å²) in [4.78, 5) is 19.3. The lowest BCUT2D eigenvalue weighted by molar-refractivity contribution is 0.299. The van der Waals surface area contributed by atoms with Crippen molar-refractivity contribution in [1.82, 2.24) is 9.97 Å². The zero-order valence-electron chi connectivity index (χ0n) is 18.0. The third-order valence-corrected chi connectivity index (χ3v) is 5.78. The van der Waals surface area contributed by atoms with Gasteiger partial charge >= 0.3 is 0 Å². The number of ether oxygens (including phenoxy) is 2. The number of fused-ring (bicyclic) bond motifs is 2. The van der Waals surface area contributed by atoms with Gasteiger partial charge in [0.15, 0.2) is 0 Å². The zero-order chi connectivity index (χ0) is 22.8. The third-order valence-electron chi connectivity index (χ3n) is 5.50. The lowest BCUT2D eigenvalue weighted by Crippen LogP contribution is -2.07. The molecule has 0 aliphatic heterocycles. The molecule has 0 saturated carbocycles. The minimum absolute atomic E-state index is 0.139. The fraction of sp³-hybridized carbons (Fsp3) is 0.111. The van der Waals surface area contributed by atoms with Crippen LogP contribution in [0.5, 0.6) is 11.5 Å². The molecule has 164 valence electrons. The van der Waals surface area contributed by atoms with Gasteiger partial charge in [-0.2, -0.15) is 0 Å². The summed E-state index contributed by atoms with van der Waals surface area (Å²) in [5, 5.41) is 2.03. The number of hydrogen-bond donors (Lipinski definition) is 1. The molecule has 0 spiro atoms. The predicted molar refractivity (Wildman–Crippen MR) is 131 cm³/mol. The van der Waals surface area contributed by atoms with Crippen LogP contribution in [0.15, 0.2) is 83.7 Å². The molecule has 0 bridgehead atoms. The Morgan fingerprint density at radius 3 is 2.58 bits per heavy atom. The molecule has 2 aromatic heterocycles. The van der Waals surface area contributed by atoms with E-state index < -0.39 is 0 Å². The van der Waals surface area contributed by atoms with Gasteiger partial charge in [-0.25, -0.2) is 4.98 Å². The molecule has 0 radical (unpaired) electrons. The number of benzene rings is 3. The molecule has 5 rings (SSSR count). The average Bonchev–Trinajstić information content (AvgIpc) is 2.84. The summed E-state index contributed by atoms with van der Waals surface area (Å²) >= 11 is 6.03. The van der Waals surface area contributed by atoms with Crippen molar-refractivity contribution in [2.45, 2.75) is 20.1 Å². The van der Waals surface area contributed by atoms with E-state index in [1.807, 2.05) is 73.7 Å². The number of hydrogen-bond acceptors (Lipinski definition) is 4. The van der Waals surface area contributed by atoms with Gasteiger partial charge in [0, 0.05) is 10.8 Å². The molecule has 0 unspecified atom stereocenters. The van der Waals surface area contributed by atoms with Crippen LogP contribution in [0.2, 0.25) is 5.02 Å². The average molecular weight is 457 g/mol. The van der Waals surface area contributed by atoms with Crippen molar-refractivity contribution in [2.24, 2.45) is 0 Å². The topological polar surface area (TPSA) is 64.2 Å². The second kappa shape index (κ2) is 8.96. The maximum absolute atomic E-state index is 11.9. The van der Waals surface area contributed by atoms with Gasteiger partial charge in [0.05, 0.1) is 16.7 Å². The number of pyridine rings is 2. The van der Waals surface area contributed by atoms with E-state index in [4.69, 9.17) is 21.1 Å². The smallest absolute Gasteiger partial charge is 0.267 e. The van der Waals surface area contributed by atoms with E-state index in [1.54, 1.807) is 6.07 Å². The van der Waals surface area contributed by atoms with E-state index in [9.17, 15) is 4.79 Å². The number of rotatable bonds is 6. The molecule has 5 aromatic rings. The largest absolute Gasteiger partial charge is 0.488 e. The SMILES string of the molecule is Cc1ccc(OCc2ccc(OCc3ccc4ccccc4n3)cc2)c2cc(Cl)c(=O)[nH]c12. The molecule has 6 heteroatoms. The van der Waals surface area contributed by atoms with E-state index in [2.05, 4.69) is 16.0 Å². The summed E-state index contributed by atoms with van der Waals surface area (Å²) in [5.74, 6) is 1.43. The molecule has 0 aliphatic rings. The van der Waals surface area contributed by atoms with Gasteiger partial charge in [-0.3, -0.25) is 4.79 Å². The molecule has 0 aliphatic carbocycles. The molecule has 0 saturated heterocycles. The zero-order valence-corrected chi connectivity index (χ0v) is 18.7. The van der Waals surface area contributed by atoms with Gasteiger partial charge < -0.3 is 14.5 Å². The number of aryl methyl sites for hydroxylation is 1. The molecular formula is C27H21ClN2O3. The van der Waals surface area contributed by atoms with Crippen LogP contribution in [-0.2, 0) is 13.2 Å². The van der Waals surface area contributed by atoms with Gasteiger partial charge in [-0.1, -0.05) is 54.1 Å². The number of aromatic amines is 1. The Labute approximate surface area is 195 Å². The molecular weight excluding hydrogens is 436 g/mol. The van der Waals surface area contributed by atoms with E-state index in [0.29, 0.717) is 19.0 Å². The summed E-state index contributed by atoms with van der Waals surface area (Å²) in [6.07, 6.45) is 0. The Bertz CT molecular complexity index is 1510. The Hall–Kier alpha value is -3.83. The Balaban J connectivity index is 1.25. The van der Waals surface area contributed by atoms with Crippen LogP contribution in [0.3, 0.4) is 0 Å². The highest BCUT2D eigenvalue weighted by molar-refractivity contribution is 6.31. The van der Waals surface area contributed by atoms with Crippen LogP contribution < -0.4 is 15.0 Å². The number of halogens is 1. The van der Waals surface area contributed by atoms with Crippen molar-refractivity contribution < 1.29 is 9.47 Å². The first-order valence-electron chi connectivity index (χ1n) is 10.6. The molecule has 33 heavy (non-hydrogen) atoms. The summed E-state index contributed by atoms with van der Waals surface area (Å²) < 4.78 is 11.9. The number of nitrogens with zero attached hydrogens (tertiary/aromatic N) is 1. The fourth-order valence-corrected chi connectivity index (χ4v) is 3.86. The maximum atomic E-state index is 11.9. The highest BCUT2D eigenvalue weighted by Gasteiger charge is 2.09. The highest BCUT2D eigenvalue weighted by atomic mass is 35.5. The monoisotopic (exact) mass is 456 g/mol. The van der Waals surface area contributed by atoms with Crippen molar-refractivity contribution in [1.29, 1.82) is 0 Å². The van der Waals surface area contributed by atoms with Crippen molar-refractivity contribution in [3.8, 4) is 11.5 Å². The van der Waals surface area contributed by atoms with Crippen LogP contribution in [0, 0.1) is 6.92 Å². The molecule has 3 aromatic carbocycles. The van der Waals surface area contributed by atoms with Crippen LogP contribution in [-0.4, -0.2) is 9.97 Å². The number of H-pyrrole nitrogens is 1. The standard InChI is InChI=1S/C27H21ClN2O3/c1-17-6-13-25(22-14-23(28)27(31)30-26(17)22)33-15-18-7-11-21(12-8-18)32-16-20-10-9-19-4-2-3-5-24(19)29-20/h2-14H,15-16H2,1H3,(H,30,31). The van der Waals surface area contributed by atoms with Crippen molar-refractivity contribution in [2.75, 3.05) is 0 Å². The van der Waals surface area contributed by atoms with E-state index in [1.165, 1.54) is 0 Å². The second-order valence-corrected chi connectivity index (χ2v) is 8.24. The normalized spacial score (nSPS) is 11.1. The van der Waals surface area contributed by atoms with Crippen LogP contribution in [0.25, 0.3) is 21.8 Å². The fourth-order valence-electron chi connectivity index (χ4n) is 3.70. The molecule has 5 nitrogen and oxygen atoms in total. The molecule has 2 heterocycles. The minimum atomic E-state index is -0.307. The maximum Gasteiger partial charge on any atom is 0.267 e. The first-order valence-corrected chi connectivity index (χ1v) is 11.0. The Kier molecular flexibility index (Phi) is 5.71. The molecule has 0 fully saturated rings. The first kappa shape index (κ1) is 21.0. The number of aromatic nitrogens is 2. The van der Waals surface area contributed by atoms with Gasteiger partial charge in [0.1, 0.15) is 29.7 Å². The van der Waals surface area contributed by atoms with Crippen molar-refractivity contribution in [3.63, 3.8) is 0 Å². The van der Waals surface area contributed by atoms with Crippen molar-refractivity contribution in [3.05, 3.63) is 111 Å². The lowest BCUT2D eigenvalue weighted by atomic mass is 10.1. The predicted octanol–water partition coefficient (Wildman–Crippen LogP) is 6.20. The number of nitrogens with one attached hydrogen (secondary N) is 1. The summed E-state index contributed by atoms with van der Waals surface area (Å²) in [7, 11) is 0. The summed E-state index contributed by atoms with van der Waals surface area (Å²) in [5.41, 5.74) is 4.21. The van der Waals surface area contributed by atoms with Gasteiger partial charge in [0.2, 0.25) is 0 Å². The summed E-state index contributed by atoms with van der Waals surface area (Å²) in [6.45, 7) is 2.71. The van der Waals surface area contributed by atoms with Crippen LogP contribution in [0.4, 0.5) is 0 Å². The lowest BCUT2D eigenvalue weighted by Gasteiger charge is -2.12. The minimum Gasteiger partial charge on any atom is -0.488 e. The molecule has 0 atom stereocenters. The highest BCUT2D eigenvalue weighted by Crippen LogP contribution is 2.28. The van der Waals surface area contributed by atoms with E-state index >= 15 is 0 Å². The van der Waals surface area contributed by atoms with E-state index in [0.717, 1.165) is 44.4 Å². The van der Waals surface area contributed by atoms with E-state index in [-0.39, 0.29) is 10.6 Å². The van der Waals surface area contributed by atoms with Crippen LogP contribution >= 0.6 is 11.6 Å².